The van der Waals surface area contributed by atoms with Gasteiger partial charge in [0.15, 0.2) is 0 Å². The summed E-state index contributed by atoms with van der Waals surface area (Å²) in [5.41, 5.74) is 0.201. The zero-order chi connectivity index (χ0) is 17.0. The molecule has 0 radical (unpaired) electrons. The number of rotatable bonds is 1. The third kappa shape index (κ3) is 2.18. The molecule has 0 aliphatic carbocycles. The zero-order valence-electron chi connectivity index (χ0n) is 13.0. The van der Waals surface area contributed by atoms with Crippen molar-refractivity contribution in [2.24, 2.45) is 0 Å². The number of benzene rings is 1. The second-order valence-electron chi connectivity index (χ2n) is 5.97. The van der Waals surface area contributed by atoms with E-state index in [1.807, 2.05) is 6.92 Å². The molecule has 1 aromatic carbocycles. The SMILES string of the molecule is CC1C=Cc2c(c(Cl)cc(F)c2-n2c(=O)n3n(c2=S)CCCC3)O1. The molecule has 4 rings (SSSR count). The third-order valence-corrected chi connectivity index (χ3v) is 5.04. The largest absolute Gasteiger partial charge is 0.484 e. The summed E-state index contributed by atoms with van der Waals surface area (Å²) in [6.07, 6.45) is 5.19. The van der Waals surface area contributed by atoms with Crippen LogP contribution in [0.2, 0.25) is 5.02 Å². The lowest BCUT2D eigenvalue weighted by atomic mass is 10.1. The maximum atomic E-state index is 14.7. The molecule has 0 N–H and O–H groups in total. The van der Waals surface area contributed by atoms with E-state index in [4.69, 9.17) is 28.6 Å². The van der Waals surface area contributed by atoms with Gasteiger partial charge >= 0.3 is 5.69 Å². The fourth-order valence-corrected chi connectivity index (χ4v) is 3.84. The highest BCUT2D eigenvalue weighted by Gasteiger charge is 2.26. The van der Waals surface area contributed by atoms with Crippen molar-refractivity contribution in [3.63, 3.8) is 0 Å². The van der Waals surface area contributed by atoms with Crippen LogP contribution in [-0.4, -0.2) is 20.0 Å². The van der Waals surface area contributed by atoms with Crippen molar-refractivity contribution >= 4 is 29.9 Å². The highest BCUT2D eigenvalue weighted by molar-refractivity contribution is 7.71. The van der Waals surface area contributed by atoms with Crippen molar-refractivity contribution in [3.8, 4) is 11.4 Å². The third-order valence-electron chi connectivity index (χ3n) is 4.36. The Balaban J connectivity index is 2.06. The first-order chi connectivity index (χ1) is 11.5. The van der Waals surface area contributed by atoms with Gasteiger partial charge in [0.1, 0.15) is 17.7 Å². The van der Waals surface area contributed by atoms with Crippen molar-refractivity contribution in [1.82, 2.24) is 13.9 Å². The van der Waals surface area contributed by atoms with Gasteiger partial charge in [0.2, 0.25) is 4.77 Å². The van der Waals surface area contributed by atoms with E-state index >= 15 is 0 Å². The van der Waals surface area contributed by atoms with Gasteiger partial charge in [0.05, 0.1) is 10.7 Å². The maximum Gasteiger partial charge on any atom is 0.349 e. The summed E-state index contributed by atoms with van der Waals surface area (Å²) in [5.74, 6) is -0.225. The minimum Gasteiger partial charge on any atom is -0.484 e. The monoisotopic (exact) mass is 367 g/mol. The van der Waals surface area contributed by atoms with Crippen LogP contribution in [0.4, 0.5) is 4.39 Å². The fraction of sp³-hybridized carbons (Fsp3) is 0.375. The average Bonchev–Trinajstić information content (AvgIpc) is 2.81. The molecule has 0 saturated carbocycles. The molecule has 1 atom stereocenters. The predicted octanol–water partition coefficient (Wildman–Crippen LogP) is 3.55. The molecule has 8 heteroatoms. The molecule has 3 heterocycles. The Morgan fingerprint density at radius 1 is 1.33 bits per heavy atom. The highest BCUT2D eigenvalue weighted by Crippen LogP contribution is 2.39. The normalized spacial score (nSPS) is 18.9. The molecule has 126 valence electrons. The van der Waals surface area contributed by atoms with E-state index in [0.29, 0.717) is 24.4 Å². The van der Waals surface area contributed by atoms with Crippen LogP contribution >= 0.6 is 23.8 Å². The molecule has 0 fully saturated rings. The average molecular weight is 368 g/mol. The molecule has 0 amide bonds. The quantitative estimate of drug-likeness (QED) is 0.724. The van der Waals surface area contributed by atoms with E-state index in [1.54, 1.807) is 21.5 Å². The molecule has 24 heavy (non-hydrogen) atoms. The van der Waals surface area contributed by atoms with Gasteiger partial charge in [-0.05, 0) is 50.2 Å². The van der Waals surface area contributed by atoms with E-state index < -0.39 is 5.82 Å². The van der Waals surface area contributed by atoms with Crippen molar-refractivity contribution in [1.29, 1.82) is 0 Å². The molecule has 5 nitrogen and oxygen atoms in total. The van der Waals surface area contributed by atoms with E-state index in [9.17, 15) is 9.18 Å². The highest BCUT2D eigenvalue weighted by atomic mass is 35.5. The number of aromatic nitrogens is 3. The molecular formula is C16H15ClFN3O2S. The predicted molar refractivity (Wildman–Crippen MR) is 92.2 cm³/mol. The van der Waals surface area contributed by atoms with Gasteiger partial charge in [-0.1, -0.05) is 11.6 Å². The Hall–Kier alpha value is -1.86. The number of hydrogen-bond acceptors (Lipinski definition) is 3. The Bertz CT molecular complexity index is 951. The molecular weight excluding hydrogens is 353 g/mol. The first-order valence-corrected chi connectivity index (χ1v) is 8.57. The second kappa shape index (κ2) is 5.60. The lowest BCUT2D eigenvalue weighted by Gasteiger charge is -2.22. The number of fused-ring (bicyclic) bond motifs is 2. The van der Waals surface area contributed by atoms with Crippen molar-refractivity contribution < 1.29 is 9.13 Å². The molecule has 0 bridgehead atoms. The van der Waals surface area contributed by atoms with E-state index in [1.165, 1.54) is 10.6 Å². The number of ether oxygens (including phenoxy) is 1. The Morgan fingerprint density at radius 3 is 2.75 bits per heavy atom. The van der Waals surface area contributed by atoms with Gasteiger partial charge in [-0.15, -0.1) is 0 Å². The minimum absolute atomic E-state index is 0.0990. The van der Waals surface area contributed by atoms with Crippen LogP contribution in [0.3, 0.4) is 0 Å². The van der Waals surface area contributed by atoms with Gasteiger partial charge in [-0.3, -0.25) is 4.68 Å². The van der Waals surface area contributed by atoms with Crippen LogP contribution in [0, 0.1) is 10.6 Å². The van der Waals surface area contributed by atoms with Gasteiger partial charge in [-0.25, -0.2) is 18.4 Å². The Morgan fingerprint density at radius 2 is 2.04 bits per heavy atom. The summed E-state index contributed by atoms with van der Waals surface area (Å²) >= 11 is 11.6. The summed E-state index contributed by atoms with van der Waals surface area (Å²) in [7, 11) is 0. The summed E-state index contributed by atoms with van der Waals surface area (Å²) < 4.78 is 25.3. The first kappa shape index (κ1) is 15.7. The number of halogens is 2. The summed E-state index contributed by atoms with van der Waals surface area (Å²) in [4.78, 5) is 12.8. The summed E-state index contributed by atoms with van der Waals surface area (Å²) in [5, 5.41) is 0.179. The first-order valence-electron chi connectivity index (χ1n) is 7.79. The van der Waals surface area contributed by atoms with Gasteiger partial charge in [-0.2, -0.15) is 0 Å². The second-order valence-corrected chi connectivity index (χ2v) is 6.74. The zero-order valence-corrected chi connectivity index (χ0v) is 14.5. The van der Waals surface area contributed by atoms with E-state index in [0.717, 1.165) is 12.8 Å². The smallest absolute Gasteiger partial charge is 0.349 e. The van der Waals surface area contributed by atoms with Crippen molar-refractivity contribution in [2.45, 2.75) is 39.0 Å². The van der Waals surface area contributed by atoms with Crippen LogP contribution in [0.1, 0.15) is 25.3 Å². The van der Waals surface area contributed by atoms with Crippen molar-refractivity contribution in [3.05, 3.63) is 43.8 Å². The molecule has 1 aromatic heterocycles. The van der Waals surface area contributed by atoms with Gasteiger partial charge in [0, 0.05) is 18.7 Å². The number of hydrogen-bond donors (Lipinski definition) is 0. The van der Waals surface area contributed by atoms with Crippen LogP contribution < -0.4 is 10.4 Å². The minimum atomic E-state index is -0.599. The van der Waals surface area contributed by atoms with E-state index in [-0.39, 0.29) is 27.3 Å². The molecule has 0 spiro atoms. The molecule has 2 aliphatic rings. The molecule has 1 unspecified atom stereocenters. The Kier molecular flexibility index (Phi) is 3.65. The lowest BCUT2D eigenvalue weighted by molar-refractivity contribution is 0.265. The van der Waals surface area contributed by atoms with Gasteiger partial charge in [0.25, 0.3) is 0 Å². The van der Waals surface area contributed by atoms with Gasteiger partial charge < -0.3 is 4.74 Å². The molecule has 2 aliphatic heterocycles. The van der Waals surface area contributed by atoms with E-state index in [2.05, 4.69) is 0 Å². The maximum absolute atomic E-state index is 14.7. The standard InChI is InChI=1S/C16H15ClFN3O2S/c1-9-4-5-10-13(12(18)8-11(17)14(10)23-9)21-15(22)19-6-2-3-7-20(19)16(21)24/h4-5,8-9H,2-3,6-7H2,1H3. The summed E-state index contributed by atoms with van der Waals surface area (Å²) in [6.45, 7) is 3.09. The van der Waals surface area contributed by atoms with Crippen LogP contribution in [0.5, 0.6) is 5.75 Å². The lowest BCUT2D eigenvalue weighted by Crippen LogP contribution is -2.30. The van der Waals surface area contributed by atoms with Crippen molar-refractivity contribution in [2.75, 3.05) is 0 Å². The fourth-order valence-electron chi connectivity index (χ4n) is 3.23. The Labute approximate surface area is 147 Å². The molecule has 2 aromatic rings. The topological polar surface area (TPSA) is 41.1 Å². The summed E-state index contributed by atoms with van der Waals surface area (Å²) in [6, 6.07) is 1.17. The molecule has 0 saturated heterocycles. The van der Waals surface area contributed by atoms with Crippen LogP contribution in [0.15, 0.2) is 16.9 Å². The van der Waals surface area contributed by atoms with Crippen LogP contribution in [0.25, 0.3) is 11.8 Å². The number of nitrogens with zero attached hydrogens (tertiary/aromatic N) is 3. The van der Waals surface area contributed by atoms with Crippen LogP contribution in [-0.2, 0) is 13.1 Å².